The lowest BCUT2D eigenvalue weighted by Crippen LogP contribution is -2.48. The molecule has 1 atom stereocenters. The quantitative estimate of drug-likeness (QED) is 0.702. The van der Waals surface area contributed by atoms with Gasteiger partial charge in [0.2, 0.25) is 11.5 Å². The Morgan fingerprint density at radius 2 is 1.90 bits per heavy atom. The molecule has 31 heavy (non-hydrogen) atoms. The van der Waals surface area contributed by atoms with Crippen LogP contribution in [0.3, 0.4) is 0 Å². The van der Waals surface area contributed by atoms with E-state index >= 15 is 0 Å². The molecule has 2 aliphatic heterocycles. The molecule has 2 aromatic heterocycles. The average Bonchev–Trinajstić information content (AvgIpc) is 3.43. The standard InChI is InChI=1S/C23H25N5O3/c29-20-13-18(17-5-1-2-6-19(17)25-20)22(31)27-10-3-7-23(16-27)8-12-26(15-23)21(30)14-28-11-4-9-24-28/h1-2,4-6,9,11,13H,3,7-8,10,12,14-16H2,(H,25,29)/t23-/m0/s1. The van der Waals surface area contributed by atoms with E-state index < -0.39 is 0 Å². The van der Waals surface area contributed by atoms with E-state index in [2.05, 4.69) is 10.1 Å². The highest BCUT2D eigenvalue weighted by atomic mass is 16.2. The van der Waals surface area contributed by atoms with Gasteiger partial charge in [0.15, 0.2) is 0 Å². The third-order valence-electron chi connectivity index (χ3n) is 6.58. The maximum atomic E-state index is 13.4. The number of nitrogens with zero attached hydrogens (tertiary/aromatic N) is 4. The molecule has 1 aromatic carbocycles. The molecule has 0 radical (unpaired) electrons. The van der Waals surface area contributed by atoms with Crippen molar-refractivity contribution in [3.8, 4) is 0 Å². The second-order valence-electron chi connectivity index (χ2n) is 8.69. The van der Waals surface area contributed by atoms with Gasteiger partial charge in [-0.3, -0.25) is 19.1 Å². The topological polar surface area (TPSA) is 91.3 Å². The number of benzene rings is 1. The van der Waals surface area contributed by atoms with Crippen molar-refractivity contribution < 1.29 is 9.59 Å². The molecule has 2 amide bonds. The average molecular weight is 419 g/mol. The first-order chi connectivity index (χ1) is 15.0. The summed E-state index contributed by atoms with van der Waals surface area (Å²) in [4.78, 5) is 44.8. The molecule has 0 saturated carbocycles. The molecule has 4 heterocycles. The monoisotopic (exact) mass is 419 g/mol. The lowest BCUT2D eigenvalue weighted by Gasteiger charge is -2.40. The Bertz CT molecular complexity index is 1190. The van der Waals surface area contributed by atoms with Crippen molar-refractivity contribution in [2.75, 3.05) is 26.2 Å². The number of aromatic nitrogens is 3. The fourth-order valence-electron chi connectivity index (χ4n) is 5.05. The number of hydrogen-bond acceptors (Lipinski definition) is 4. The number of likely N-dealkylation sites (tertiary alicyclic amines) is 2. The van der Waals surface area contributed by atoms with Crippen LogP contribution in [0, 0.1) is 5.41 Å². The fraction of sp³-hybridized carbons (Fsp3) is 0.391. The van der Waals surface area contributed by atoms with Crippen LogP contribution in [0.2, 0.25) is 0 Å². The second kappa shape index (κ2) is 7.68. The minimum Gasteiger partial charge on any atom is -0.340 e. The number of fused-ring (bicyclic) bond motifs is 1. The van der Waals surface area contributed by atoms with Crippen LogP contribution in [0.15, 0.2) is 53.6 Å². The lowest BCUT2D eigenvalue weighted by atomic mass is 9.79. The summed E-state index contributed by atoms with van der Waals surface area (Å²) in [6.07, 6.45) is 6.24. The summed E-state index contributed by atoms with van der Waals surface area (Å²) in [5.41, 5.74) is 0.761. The van der Waals surface area contributed by atoms with Crippen LogP contribution in [0.1, 0.15) is 29.6 Å². The molecule has 3 aromatic rings. The fourth-order valence-corrected chi connectivity index (χ4v) is 5.05. The predicted octanol–water partition coefficient (Wildman–Crippen LogP) is 1.88. The summed E-state index contributed by atoms with van der Waals surface area (Å²) < 4.78 is 1.64. The van der Waals surface area contributed by atoms with E-state index in [4.69, 9.17) is 0 Å². The van der Waals surface area contributed by atoms with E-state index in [0.29, 0.717) is 37.3 Å². The molecule has 8 heteroatoms. The van der Waals surface area contributed by atoms with Gasteiger partial charge in [0.1, 0.15) is 6.54 Å². The van der Waals surface area contributed by atoms with E-state index in [1.54, 1.807) is 17.1 Å². The normalized spacial score (nSPS) is 21.2. The largest absolute Gasteiger partial charge is 0.340 e. The highest BCUT2D eigenvalue weighted by Crippen LogP contribution is 2.39. The molecule has 5 rings (SSSR count). The van der Waals surface area contributed by atoms with Crippen molar-refractivity contribution in [1.82, 2.24) is 24.6 Å². The second-order valence-corrected chi connectivity index (χ2v) is 8.69. The van der Waals surface area contributed by atoms with E-state index in [1.807, 2.05) is 40.1 Å². The Morgan fingerprint density at radius 3 is 2.74 bits per heavy atom. The summed E-state index contributed by atoms with van der Waals surface area (Å²) in [5.74, 6) is -0.0488. The SMILES string of the molecule is O=C(Cn1cccn1)N1CC[C@@]2(CCCN(C(=O)c3cc(=O)[nH]c4ccccc34)C2)C1. The summed E-state index contributed by atoms with van der Waals surface area (Å²) in [6.45, 7) is 2.88. The first kappa shape index (κ1) is 19.5. The molecule has 2 aliphatic rings. The van der Waals surface area contributed by atoms with Crippen molar-refractivity contribution in [2.24, 2.45) is 5.41 Å². The number of para-hydroxylation sites is 1. The van der Waals surface area contributed by atoms with Gasteiger partial charge in [0, 0.05) is 61.0 Å². The van der Waals surface area contributed by atoms with Crippen LogP contribution >= 0.6 is 0 Å². The number of aromatic amines is 1. The molecular weight excluding hydrogens is 394 g/mol. The zero-order valence-electron chi connectivity index (χ0n) is 17.3. The maximum absolute atomic E-state index is 13.4. The Labute approximate surface area is 179 Å². The number of H-pyrrole nitrogens is 1. The first-order valence-corrected chi connectivity index (χ1v) is 10.7. The smallest absolute Gasteiger partial charge is 0.254 e. The van der Waals surface area contributed by atoms with Crippen molar-refractivity contribution in [3.05, 3.63) is 64.7 Å². The maximum Gasteiger partial charge on any atom is 0.254 e. The number of pyridine rings is 1. The van der Waals surface area contributed by atoms with Gasteiger partial charge < -0.3 is 14.8 Å². The minimum atomic E-state index is -0.273. The van der Waals surface area contributed by atoms with Crippen LogP contribution in [-0.4, -0.2) is 62.6 Å². The zero-order chi connectivity index (χ0) is 21.4. The van der Waals surface area contributed by atoms with Crippen molar-refractivity contribution in [3.63, 3.8) is 0 Å². The molecule has 160 valence electrons. The Kier molecular flexibility index (Phi) is 4.84. The lowest BCUT2D eigenvalue weighted by molar-refractivity contribution is -0.131. The number of nitrogens with one attached hydrogen (secondary N) is 1. The van der Waals surface area contributed by atoms with Gasteiger partial charge in [-0.25, -0.2) is 0 Å². The molecule has 2 saturated heterocycles. The van der Waals surface area contributed by atoms with E-state index in [1.165, 1.54) is 6.07 Å². The van der Waals surface area contributed by atoms with Crippen molar-refractivity contribution >= 4 is 22.7 Å². The molecular formula is C23H25N5O3. The third-order valence-corrected chi connectivity index (χ3v) is 6.58. The summed E-state index contributed by atoms with van der Waals surface area (Å²) in [6, 6.07) is 10.6. The summed E-state index contributed by atoms with van der Waals surface area (Å²) in [5, 5.41) is 4.88. The number of piperidine rings is 1. The van der Waals surface area contributed by atoms with Gasteiger partial charge in [-0.2, -0.15) is 5.10 Å². The van der Waals surface area contributed by atoms with E-state index in [0.717, 1.165) is 24.6 Å². The van der Waals surface area contributed by atoms with Gasteiger partial charge >= 0.3 is 0 Å². The third kappa shape index (κ3) is 3.73. The Hall–Kier alpha value is -3.42. The molecule has 0 unspecified atom stereocenters. The number of carbonyl (C=O) groups excluding carboxylic acids is 2. The van der Waals surface area contributed by atoms with Gasteiger partial charge in [-0.15, -0.1) is 0 Å². The molecule has 2 fully saturated rings. The first-order valence-electron chi connectivity index (χ1n) is 10.7. The van der Waals surface area contributed by atoms with E-state index in [9.17, 15) is 14.4 Å². The highest BCUT2D eigenvalue weighted by Gasteiger charge is 2.44. The van der Waals surface area contributed by atoms with E-state index in [-0.39, 0.29) is 29.3 Å². The molecule has 8 nitrogen and oxygen atoms in total. The number of carbonyl (C=O) groups is 2. The summed E-state index contributed by atoms with van der Waals surface area (Å²) >= 11 is 0. The number of rotatable bonds is 3. The number of hydrogen-bond donors (Lipinski definition) is 1. The Balaban J connectivity index is 1.33. The highest BCUT2D eigenvalue weighted by molar-refractivity contribution is 6.06. The predicted molar refractivity (Wildman–Crippen MR) is 116 cm³/mol. The van der Waals surface area contributed by atoms with Gasteiger partial charge in [0.05, 0.1) is 5.56 Å². The van der Waals surface area contributed by atoms with Gasteiger partial charge in [-0.1, -0.05) is 18.2 Å². The Morgan fingerprint density at radius 1 is 1.06 bits per heavy atom. The van der Waals surface area contributed by atoms with Crippen LogP contribution in [-0.2, 0) is 11.3 Å². The van der Waals surface area contributed by atoms with Crippen molar-refractivity contribution in [2.45, 2.75) is 25.8 Å². The molecule has 1 spiro atoms. The van der Waals surface area contributed by atoms with Gasteiger partial charge in [0.25, 0.3) is 5.91 Å². The molecule has 0 aliphatic carbocycles. The van der Waals surface area contributed by atoms with Crippen LogP contribution in [0.5, 0.6) is 0 Å². The van der Waals surface area contributed by atoms with Crippen LogP contribution in [0.25, 0.3) is 10.9 Å². The minimum absolute atomic E-state index is 0.0598. The number of amides is 2. The van der Waals surface area contributed by atoms with Crippen LogP contribution in [0.4, 0.5) is 0 Å². The van der Waals surface area contributed by atoms with Crippen LogP contribution < -0.4 is 5.56 Å². The van der Waals surface area contributed by atoms with Gasteiger partial charge in [-0.05, 0) is 31.4 Å². The van der Waals surface area contributed by atoms with Crippen molar-refractivity contribution in [1.29, 1.82) is 0 Å². The zero-order valence-corrected chi connectivity index (χ0v) is 17.3. The molecule has 0 bridgehead atoms. The summed E-state index contributed by atoms with van der Waals surface area (Å²) in [7, 11) is 0. The molecule has 1 N–H and O–H groups in total.